The zero-order chi connectivity index (χ0) is 17.3. The quantitative estimate of drug-likeness (QED) is 0.470. The predicted octanol–water partition coefficient (Wildman–Crippen LogP) is -0.847. The van der Waals surface area contributed by atoms with Crippen LogP contribution in [0.15, 0.2) is 23.1 Å². The van der Waals surface area contributed by atoms with Crippen LogP contribution in [-0.2, 0) is 16.1 Å². The number of rotatable bonds is 3. The van der Waals surface area contributed by atoms with E-state index in [1.807, 2.05) is 6.07 Å². The molecule has 5 N–H and O–H groups in total. The van der Waals surface area contributed by atoms with Crippen LogP contribution in [-0.4, -0.2) is 69.4 Å². The Hall–Kier alpha value is -1.36. The fourth-order valence-corrected chi connectivity index (χ4v) is 3.62. The highest BCUT2D eigenvalue weighted by Crippen LogP contribution is 2.31. The maximum absolute atomic E-state index is 11.1. The first-order chi connectivity index (χ1) is 11.5. The fourth-order valence-electron chi connectivity index (χ4n) is 2.63. The number of fused-ring (bicyclic) bond motifs is 1. The molecule has 1 fully saturated rings. The molecule has 0 radical (unpaired) electrons. The first-order valence-electron chi connectivity index (χ1n) is 7.53. The summed E-state index contributed by atoms with van der Waals surface area (Å²) in [6, 6.07) is 5.36. The molecule has 0 unspecified atom stereocenters. The second-order valence-corrected chi connectivity index (χ2v) is 6.78. The number of ether oxygens (including phenoxy) is 2. The van der Waals surface area contributed by atoms with E-state index in [0.29, 0.717) is 5.75 Å². The Bertz CT molecular complexity index is 613. The van der Waals surface area contributed by atoms with E-state index < -0.39 is 36.7 Å². The van der Waals surface area contributed by atoms with Crippen LogP contribution < -0.4 is 10.1 Å². The molecule has 0 spiro atoms. The van der Waals surface area contributed by atoms with E-state index in [0.717, 1.165) is 29.3 Å². The minimum atomic E-state index is -1.73. The van der Waals surface area contributed by atoms with Gasteiger partial charge in [-0.15, -0.1) is 11.8 Å². The Morgan fingerprint density at radius 3 is 2.79 bits per heavy atom. The summed E-state index contributed by atoms with van der Waals surface area (Å²) >= 11 is 1.66. The monoisotopic (exact) mass is 357 g/mol. The molecule has 1 aromatic rings. The third-order valence-electron chi connectivity index (χ3n) is 3.96. The Labute approximate surface area is 142 Å². The standard InChI is InChI=1S/C15H19NO7S/c17-10-11(18)13(14(20)21)23-15(12(10)19)22-8-2-1-7-6-16-3-4-24-9(7)5-8/h1-2,5,10-13,15-19H,3-4,6H2,(H,20,21)/t10-,11-,12+,13-,15+/m0/s1. The van der Waals surface area contributed by atoms with Crippen LogP contribution in [0.25, 0.3) is 0 Å². The van der Waals surface area contributed by atoms with Gasteiger partial charge in [0.2, 0.25) is 6.29 Å². The SMILES string of the molecule is O=C(O)[C@H]1O[C@@H](Oc2ccc3c(c2)SCCNC3)[C@H](O)[C@@H](O)[C@@H]1O. The molecule has 2 aliphatic heterocycles. The molecule has 8 nitrogen and oxygen atoms in total. The highest BCUT2D eigenvalue weighted by Gasteiger charge is 2.48. The van der Waals surface area contributed by atoms with Crippen LogP contribution in [0.4, 0.5) is 0 Å². The van der Waals surface area contributed by atoms with Gasteiger partial charge in [0.25, 0.3) is 0 Å². The van der Waals surface area contributed by atoms with Crippen molar-refractivity contribution in [3.63, 3.8) is 0 Å². The van der Waals surface area contributed by atoms with Crippen molar-refractivity contribution in [3.05, 3.63) is 23.8 Å². The van der Waals surface area contributed by atoms with Crippen LogP contribution >= 0.6 is 11.8 Å². The molecule has 5 atom stereocenters. The molecule has 0 aliphatic carbocycles. The van der Waals surface area contributed by atoms with Crippen molar-refractivity contribution in [2.75, 3.05) is 12.3 Å². The minimum absolute atomic E-state index is 0.389. The molecule has 24 heavy (non-hydrogen) atoms. The maximum Gasteiger partial charge on any atom is 0.335 e. The number of carbonyl (C=O) groups is 1. The van der Waals surface area contributed by atoms with Crippen molar-refractivity contribution < 1.29 is 34.7 Å². The number of hydrogen-bond donors (Lipinski definition) is 5. The van der Waals surface area contributed by atoms with E-state index >= 15 is 0 Å². The van der Waals surface area contributed by atoms with Crippen LogP contribution in [0.5, 0.6) is 5.75 Å². The highest BCUT2D eigenvalue weighted by atomic mass is 32.2. The lowest BCUT2D eigenvalue weighted by Crippen LogP contribution is -2.61. The molecule has 132 valence electrons. The molecule has 0 bridgehead atoms. The zero-order valence-electron chi connectivity index (χ0n) is 12.7. The van der Waals surface area contributed by atoms with Crippen molar-refractivity contribution in [1.29, 1.82) is 0 Å². The summed E-state index contributed by atoms with van der Waals surface area (Å²) in [4.78, 5) is 12.1. The summed E-state index contributed by atoms with van der Waals surface area (Å²) < 4.78 is 10.6. The lowest BCUT2D eigenvalue weighted by molar-refractivity contribution is -0.271. The molecule has 1 saturated heterocycles. The van der Waals surface area contributed by atoms with Gasteiger partial charge in [-0.3, -0.25) is 0 Å². The Balaban J connectivity index is 1.77. The van der Waals surface area contributed by atoms with E-state index in [2.05, 4.69) is 5.32 Å². The average molecular weight is 357 g/mol. The summed E-state index contributed by atoms with van der Waals surface area (Å²) in [5.74, 6) is -0.143. The molecular weight excluding hydrogens is 338 g/mol. The first-order valence-corrected chi connectivity index (χ1v) is 8.51. The molecule has 9 heteroatoms. The van der Waals surface area contributed by atoms with E-state index in [1.54, 1.807) is 23.9 Å². The summed E-state index contributed by atoms with van der Waals surface area (Å²) in [5.41, 5.74) is 1.12. The maximum atomic E-state index is 11.1. The highest BCUT2D eigenvalue weighted by molar-refractivity contribution is 7.99. The van der Waals surface area contributed by atoms with Crippen molar-refractivity contribution in [1.82, 2.24) is 5.32 Å². The number of hydrogen-bond acceptors (Lipinski definition) is 8. The molecule has 0 amide bonds. The summed E-state index contributed by atoms with van der Waals surface area (Å²) in [6.07, 6.45) is -8.04. The van der Waals surface area contributed by atoms with Gasteiger partial charge < -0.3 is 35.2 Å². The number of aliphatic hydroxyl groups is 3. The van der Waals surface area contributed by atoms with Gasteiger partial charge in [-0.2, -0.15) is 0 Å². The molecule has 0 saturated carbocycles. The molecule has 1 aromatic carbocycles. The number of nitrogens with one attached hydrogen (secondary N) is 1. The second kappa shape index (κ2) is 7.26. The first kappa shape index (κ1) is 17.5. The number of benzene rings is 1. The van der Waals surface area contributed by atoms with Crippen molar-refractivity contribution in [2.24, 2.45) is 0 Å². The van der Waals surface area contributed by atoms with E-state index in [9.17, 15) is 20.1 Å². The second-order valence-electron chi connectivity index (χ2n) is 5.65. The molecule has 2 aliphatic rings. The van der Waals surface area contributed by atoms with Gasteiger partial charge in [0.05, 0.1) is 0 Å². The van der Waals surface area contributed by atoms with Gasteiger partial charge in [-0.1, -0.05) is 6.07 Å². The van der Waals surface area contributed by atoms with Crippen molar-refractivity contribution in [2.45, 2.75) is 42.1 Å². The zero-order valence-corrected chi connectivity index (χ0v) is 13.5. The predicted molar refractivity (Wildman–Crippen MR) is 83.8 cm³/mol. The molecule has 0 aromatic heterocycles. The number of carboxylic acids is 1. The van der Waals surface area contributed by atoms with E-state index in [4.69, 9.17) is 14.6 Å². The molecule has 2 heterocycles. The number of thioether (sulfide) groups is 1. The summed E-state index contributed by atoms with van der Waals surface area (Å²) in [5, 5.41) is 41.8. The van der Waals surface area contributed by atoms with Gasteiger partial charge in [0.1, 0.15) is 24.1 Å². The lowest BCUT2D eigenvalue weighted by atomic mass is 9.99. The number of aliphatic hydroxyl groups excluding tert-OH is 3. The van der Waals surface area contributed by atoms with Crippen LogP contribution in [0, 0.1) is 0 Å². The molecule has 3 rings (SSSR count). The van der Waals surface area contributed by atoms with Crippen LogP contribution in [0.1, 0.15) is 5.56 Å². The van der Waals surface area contributed by atoms with Gasteiger partial charge in [-0.05, 0) is 17.7 Å². The van der Waals surface area contributed by atoms with Gasteiger partial charge in [0.15, 0.2) is 6.10 Å². The van der Waals surface area contributed by atoms with Gasteiger partial charge >= 0.3 is 5.97 Å². The smallest absolute Gasteiger partial charge is 0.335 e. The lowest BCUT2D eigenvalue weighted by Gasteiger charge is -2.38. The third kappa shape index (κ3) is 3.51. The largest absolute Gasteiger partial charge is 0.479 e. The Kier molecular flexibility index (Phi) is 5.28. The van der Waals surface area contributed by atoms with Gasteiger partial charge in [-0.25, -0.2) is 4.79 Å². The third-order valence-corrected chi connectivity index (χ3v) is 5.05. The van der Waals surface area contributed by atoms with E-state index in [-0.39, 0.29) is 0 Å². The van der Waals surface area contributed by atoms with Crippen LogP contribution in [0.2, 0.25) is 0 Å². The van der Waals surface area contributed by atoms with Gasteiger partial charge in [0, 0.05) is 23.7 Å². The summed E-state index contributed by atoms with van der Waals surface area (Å²) in [6.45, 7) is 1.64. The van der Waals surface area contributed by atoms with Crippen LogP contribution in [0.3, 0.4) is 0 Å². The molecular formula is C15H19NO7S. The Morgan fingerprint density at radius 1 is 1.25 bits per heavy atom. The van der Waals surface area contributed by atoms with Crippen molar-refractivity contribution >= 4 is 17.7 Å². The van der Waals surface area contributed by atoms with E-state index in [1.165, 1.54) is 0 Å². The topological polar surface area (TPSA) is 128 Å². The number of carboxylic acid groups (broad SMARTS) is 1. The summed E-state index contributed by atoms with van der Waals surface area (Å²) in [7, 11) is 0. The number of aliphatic carboxylic acids is 1. The normalized spacial score (nSPS) is 33.4. The average Bonchev–Trinajstić information content (AvgIpc) is 2.80. The minimum Gasteiger partial charge on any atom is -0.479 e. The fraction of sp³-hybridized carbons (Fsp3) is 0.533. The van der Waals surface area contributed by atoms with Crippen molar-refractivity contribution in [3.8, 4) is 5.75 Å². The Morgan fingerprint density at radius 2 is 2.04 bits per heavy atom.